The molecule has 18 heavy (non-hydrogen) atoms. The summed E-state index contributed by atoms with van der Waals surface area (Å²) in [5.74, 6) is -0.858. The Hall–Kier alpha value is -1.39. The maximum Gasteiger partial charge on any atom is 0.259 e. The Morgan fingerprint density at radius 1 is 1.50 bits per heavy atom. The van der Waals surface area contributed by atoms with E-state index in [0.717, 1.165) is 5.56 Å². The van der Waals surface area contributed by atoms with Crippen molar-refractivity contribution in [3.8, 4) is 0 Å². The zero-order valence-corrected chi connectivity index (χ0v) is 10.8. The Morgan fingerprint density at radius 3 is 2.78 bits per heavy atom. The van der Waals surface area contributed by atoms with Crippen LogP contribution in [0.3, 0.4) is 0 Å². The average molecular weight is 268 g/mol. The maximum atomic E-state index is 12.0. The minimum atomic E-state index is -2.08. The molecule has 1 aromatic rings. The number of carbonyl (C=O) groups is 2. The molecule has 2 rings (SSSR count). The van der Waals surface area contributed by atoms with E-state index >= 15 is 0 Å². The standard InChI is InChI=1S/C13H14ClNO3/c1-9(16)13(18)12(17)8-10-4-2-3-5-11(10)15(13)7-6-14/h2-5,18H,6-8H2,1H3/t13-/m1/s1. The molecule has 96 valence electrons. The van der Waals surface area contributed by atoms with Gasteiger partial charge in [-0.1, -0.05) is 18.2 Å². The van der Waals surface area contributed by atoms with Crippen LogP contribution in [0, 0.1) is 0 Å². The quantitative estimate of drug-likeness (QED) is 0.659. The Morgan fingerprint density at radius 2 is 2.17 bits per heavy atom. The fourth-order valence-electron chi connectivity index (χ4n) is 2.30. The summed E-state index contributed by atoms with van der Waals surface area (Å²) in [6, 6.07) is 7.22. The van der Waals surface area contributed by atoms with Gasteiger partial charge in [-0.05, 0) is 18.6 Å². The number of alkyl halides is 1. The number of halogens is 1. The molecular weight excluding hydrogens is 254 g/mol. The van der Waals surface area contributed by atoms with Crippen LogP contribution in [0.2, 0.25) is 0 Å². The number of aliphatic hydroxyl groups is 1. The van der Waals surface area contributed by atoms with Crippen molar-refractivity contribution in [2.24, 2.45) is 0 Å². The number of carbonyl (C=O) groups excluding carboxylic acids is 2. The molecule has 1 atom stereocenters. The predicted octanol–water partition coefficient (Wildman–Crippen LogP) is 1.13. The number of benzene rings is 1. The molecule has 5 heteroatoms. The lowest BCUT2D eigenvalue weighted by atomic mass is 9.89. The number of fused-ring (bicyclic) bond motifs is 1. The molecule has 0 saturated carbocycles. The minimum absolute atomic E-state index is 0.0606. The third kappa shape index (κ3) is 1.82. The van der Waals surface area contributed by atoms with E-state index in [4.69, 9.17) is 11.6 Å². The highest BCUT2D eigenvalue weighted by molar-refractivity contribution is 6.19. The summed E-state index contributed by atoms with van der Waals surface area (Å²) in [7, 11) is 0. The minimum Gasteiger partial charge on any atom is -0.359 e. The van der Waals surface area contributed by atoms with Gasteiger partial charge >= 0.3 is 0 Å². The highest BCUT2D eigenvalue weighted by Crippen LogP contribution is 2.34. The van der Waals surface area contributed by atoms with Gasteiger partial charge in [0.05, 0.1) is 0 Å². The Kier molecular flexibility index (Phi) is 3.41. The highest BCUT2D eigenvalue weighted by atomic mass is 35.5. The van der Waals surface area contributed by atoms with Gasteiger partial charge in [0.1, 0.15) is 0 Å². The van der Waals surface area contributed by atoms with Crippen LogP contribution in [0.25, 0.3) is 0 Å². The lowest BCUT2D eigenvalue weighted by Crippen LogP contribution is -2.63. The van der Waals surface area contributed by atoms with Crippen LogP contribution >= 0.6 is 11.6 Å². The number of hydrogen-bond donors (Lipinski definition) is 1. The second-order valence-corrected chi connectivity index (χ2v) is 4.68. The number of nitrogens with zero attached hydrogens (tertiary/aromatic N) is 1. The van der Waals surface area contributed by atoms with E-state index in [9.17, 15) is 14.7 Å². The van der Waals surface area contributed by atoms with Gasteiger partial charge in [0, 0.05) is 24.5 Å². The number of ketones is 2. The molecule has 0 fully saturated rings. The molecule has 1 aliphatic heterocycles. The predicted molar refractivity (Wildman–Crippen MR) is 68.8 cm³/mol. The first kappa shape index (κ1) is 13.1. The first-order valence-electron chi connectivity index (χ1n) is 5.70. The molecule has 1 heterocycles. The molecule has 0 bridgehead atoms. The zero-order valence-electron chi connectivity index (χ0n) is 10.0. The van der Waals surface area contributed by atoms with Crippen molar-refractivity contribution in [3.63, 3.8) is 0 Å². The molecular formula is C13H14ClNO3. The Bertz CT molecular complexity index is 503. The largest absolute Gasteiger partial charge is 0.359 e. The summed E-state index contributed by atoms with van der Waals surface area (Å²) >= 11 is 5.71. The second-order valence-electron chi connectivity index (χ2n) is 4.30. The van der Waals surface area contributed by atoms with Crippen molar-refractivity contribution < 1.29 is 14.7 Å². The second kappa shape index (κ2) is 4.71. The number of anilines is 1. The third-order valence-electron chi connectivity index (χ3n) is 3.21. The van der Waals surface area contributed by atoms with Crippen LogP contribution in [-0.4, -0.2) is 34.8 Å². The molecule has 4 nitrogen and oxygen atoms in total. The Labute approximate surface area is 110 Å². The van der Waals surface area contributed by atoms with Gasteiger partial charge in [0.25, 0.3) is 5.72 Å². The summed E-state index contributed by atoms with van der Waals surface area (Å²) in [4.78, 5) is 25.1. The van der Waals surface area contributed by atoms with Gasteiger partial charge in [0.2, 0.25) is 0 Å². The molecule has 0 aliphatic carbocycles. The molecule has 0 spiro atoms. The third-order valence-corrected chi connectivity index (χ3v) is 3.38. The van der Waals surface area contributed by atoms with Gasteiger partial charge < -0.3 is 10.0 Å². The average Bonchev–Trinajstić information content (AvgIpc) is 2.34. The van der Waals surface area contributed by atoms with Crippen LogP contribution in [0.4, 0.5) is 5.69 Å². The van der Waals surface area contributed by atoms with Gasteiger partial charge in [-0.3, -0.25) is 9.59 Å². The lowest BCUT2D eigenvalue weighted by molar-refractivity contribution is -0.149. The fourth-order valence-corrected chi connectivity index (χ4v) is 2.47. The van der Waals surface area contributed by atoms with Crippen LogP contribution in [0.5, 0.6) is 0 Å². The van der Waals surface area contributed by atoms with E-state index in [1.165, 1.54) is 11.8 Å². The van der Waals surface area contributed by atoms with Gasteiger partial charge in [-0.2, -0.15) is 0 Å². The van der Waals surface area contributed by atoms with E-state index < -0.39 is 17.3 Å². The van der Waals surface area contributed by atoms with E-state index in [-0.39, 0.29) is 18.8 Å². The Balaban J connectivity index is 2.57. The summed E-state index contributed by atoms with van der Waals surface area (Å²) in [6.07, 6.45) is 0.0606. The number of para-hydroxylation sites is 1. The highest BCUT2D eigenvalue weighted by Gasteiger charge is 2.49. The van der Waals surface area contributed by atoms with Crippen molar-refractivity contribution in [1.82, 2.24) is 0 Å². The van der Waals surface area contributed by atoms with E-state index in [2.05, 4.69) is 0 Å². The zero-order chi connectivity index (χ0) is 13.3. The molecule has 0 saturated heterocycles. The molecule has 0 unspecified atom stereocenters. The molecule has 0 amide bonds. The van der Waals surface area contributed by atoms with Gasteiger partial charge in [0.15, 0.2) is 11.6 Å². The molecule has 0 aromatic heterocycles. The topological polar surface area (TPSA) is 57.6 Å². The molecule has 1 N–H and O–H groups in total. The van der Waals surface area contributed by atoms with Crippen molar-refractivity contribution in [3.05, 3.63) is 29.8 Å². The first-order valence-corrected chi connectivity index (χ1v) is 6.23. The monoisotopic (exact) mass is 267 g/mol. The molecule has 0 radical (unpaired) electrons. The van der Waals surface area contributed by atoms with Crippen molar-refractivity contribution in [2.75, 3.05) is 17.3 Å². The van der Waals surface area contributed by atoms with Gasteiger partial charge in [-0.25, -0.2) is 0 Å². The lowest BCUT2D eigenvalue weighted by Gasteiger charge is -2.42. The van der Waals surface area contributed by atoms with Crippen LogP contribution in [-0.2, 0) is 16.0 Å². The van der Waals surface area contributed by atoms with Crippen LogP contribution < -0.4 is 4.90 Å². The number of Topliss-reactive ketones (excluding diaryl/α,β-unsaturated/α-hetero) is 2. The summed E-state index contributed by atoms with van der Waals surface area (Å²) in [6.45, 7) is 1.45. The number of hydrogen-bond acceptors (Lipinski definition) is 4. The van der Waals surface area contributed by atoms with Crippen LogP contribution in [0.1, 0.15) is 12.5 Å². The normalized spacial score (nSPS) is 22.8. The van der Waals surface area contributed by atoms with E-state index in [0.29, 0.717) is 5.69 Å². The molecule has 1 aromatic carbocycles. The summed E-state index contributed by atoms with van der Waals surface area (Å²) < 4.78 is 0. The SMILES string of the molecule is CC(=O)[C@@]1(O)C(=O)Cc2ccccc2N1CCCl. The first-order chi connectivity index (χ1) is 8.51. The van der Waals surface area contributed by atoms with Crippen molar-refractivity contribution in [2.45, 2.75) is 19.1 Å². The van der Waals surface area contributed by atoms with E-state index in [1.807, 2.05) is 12.1 Å². The fraction of sp³-hybridized carbons (Fsp3) is 0.385. The summed E-state index contributed by atoms with van der Waals surface area (Å²) in [5, 5.41) is 10.4. The molecule has 1 aliphatic rings. The van der Waals surface area contributed by atoms with Gasteiger partial charge in [-0.15, -0.1) is 11.6 Å². The van der Waals surface area contributed by atoms with E-state index in [1.54, 1.807) is 12.1 Å². The smallest absolute Gasteiger partial charge is 0.259 e. The van der Waals surface area contributed by atoms with Crippen molar-refractivity contribution in [1.29, 1.82) is 0 Å². The number of rotatable bonds is 3. The van der Waals surface area contributed by atoms with Crippen LogP contribution in [0.15, 0.2) is 24.3 Å². The summed E-state index contributed by atoms with van der Waals surface area (Å²) in [5.41, 5.74) is -0.586. The maximum absolute atomic E-state index is 12.0. The van der Waals surface area contributed by atoms with Crippen molar-refractivity contribution >= 4 is 28.9 Å².